The van der Waals surface area contributed by atoms with Crippen LogP contribution in [0.4, 0.5) is 0 Å². The fourth-order valence-corrected chi connectivity index (χ4v) is 2.26. The fourth-order valence-electron chi connectivity index (χ4n) is 2.26. The lowest BCUT2D eigenvalue weighted by molar-refractivity contribution is 0.199. The highest BCUT2D eigenvalue weighted by Crippen LogP contribution is 2.16. The third kappa shape index (κ3) is 5.23. The Kier molecular flexibility index (Phi) is 6.43. The van der Waals surface area contributed by atoms with Crippen LogP contribution in [0.25, 0.3) is 0 Å². The van der Waals surface area contributed by atoms with Crippen molar-refractivity contribution in [2.45, 2.75) is 26.7 Å². The number of guanidine groups is 1. The van der Waals surface area contributed by atoms with E-state index in [4.69, 9.17) is 5.84 Å². The first-order chi connectivity index (χ1) is 8.52. The summed E-state index contributed by atoms with van der Waals surface area (Å²) in [5.74, 6) is 7.68. The number of nitrogens with zero attached hydrogens (tertiary/aromatic N) is 3. The highest BCUT2D eigenvalue weighted by Gasteiger charge is 2.19. The van der Waals surface area contributed by atoms with Gasteiger partial charge in [0.15, 0.2) is 0 Å². The summed E-state index contributed by atoms with van der Waals surface area (Å²) in [7, 11) is 4.26. The molecule has 5 nitrogen and oxygen atoms in total. The number of likely N-dealkylation sites (tertiary alicyclic amines) is 1. The van der Waals surface area contributed by atoms with Crippen molar-refractivity contribution in [2.24, 2.45) is 22.7 Å². The van der Waals surface area contributed by atoms with E-state index in [1.807, 2.05) is 0 Å². The molecule has 3 N–H and O–H groups in total. The van der Waals surface area contributed by atoms with Gasteiger partial charge in [-0.05, 0) is 44.8 Å². The van der Waals surface area contributed by atoms with Crippen molar-refractivity contribution in [3.8, 4) is 0 Å². The molecule has 1 heterocycles. The average Bonchev–Trinajstić information content (AvgIpc) is 2.32. The minimum Gasteiger partial charge on any atom is -0.345 e. The molecule has 0 saturated carbocycles. The predicted molar refractivity (Wildman–Crippen MR) is 77.3 cm³/mol. The van der Waals surface area contributed by atoms with Crippen LogP contribution in [0.3, 0.4) is 0 Å². The molecular weight excluding hydrogens is 226 g/mol. The second-order valence-corrected chi connectivity index (χ2v) is 5.83. The SMILES string of the molecule is CC(C)CN=C(NN)N(C)CC1CCN(C)CC1. The summed E-state index contributed by atoms with van der Waals surface area (Å²) in [6, 6.07) is 0. The van der Waals surface area contributed by atoms with Crippen LogP contribution < -0.4 is 11.3 Å². The van der Waals surface area contributed by atoms with Crippen molar-refractivity contribution >= 4 is 5.96 Å². The Bertz CT molecular complexity index is 256. The summed E-state index contributed by atoms with van der Waals surface area (Å²) in [4.78, 5) is 9.06. The molecule has 0 amide bonds. The Labute approximate surface area is 111 Å². The van der Waals surface area contributed by atoms with E-state index in [1.165, 1.54) is 25.9 Å². The summed E-state index contributed by atoms with van der Waals surface area (Å²) in [6.45, 7) is 8.58. The molecule has 1 saturated heterocycles. The van der Waals surface area contributed by atoms with Crippen LogP contribution in [0.5, 0.6) is 0 Å². The van der Waals surface area contributed by atoms with Crippen LogP contribution in [0, 0.1) is 11.8 Å². The van der Waals surface area contributed by atoms with Gasteiger partial charge in [0.05, 0.1) is 0 Å². The van der Waals surface area contributed by atoms with Crippen molar-refractivity contribution in [3.05, 3.63) is 0 Å². The normalized spacial score (nSPS) is 19.3. The maximum absolute atomic E-state index is 5.56. The number of nitrogens with one attached hydrogen (secondary N) is 1. The molecular formula is C13H29N5. The van der Waals surface area contributed by atoms with E-state index >= 15 is 0 Å². The van der Waals surface area contributed by atoms with Crippen molar-refractivity contribution in [1.29, 1.82) is 0 Å². The van der Waals surface area contributed by atoms with Gasteiger partial charge in [0.25, 0.3) is 0 Å². The molecule has 0 aromatic heterocycles. The van der Waals surface area contributed by atoms with E-state index in [2.05, 4.69) is 48.2 Å². The zero-order valence-electron chi connectivity index (χ0n) is 12.3. The smallest absolute Gasteiger partial charge is 0.208 e. The molecule has 0 aliphatic carbocycles. The van der Waals surface area contributed by atoms with Crippen molar-refractivity contribution < 1.29 is 0 Å². The number of piperidine rings is 1. The predicted octanol–water partition coefficient (Wildman–Crippen LogP) is 0.735. The standard InChI is InChI=1S/C13H29N5/c1-11(2)9-15-13(16-14)18(4)10-12-5-7-17(3)8-6-12/h11-12H,5-10,14H2,1-4H3,(H,15,16). The molecule has 0 atom stereocenters. The maximum Gasteiger partial charge on any atom is 0.208 e. The molecule has 1 aliphatic rings. The number of rotatable bonds is 4. The van der Waals surface area contributed by atoms with Gasteiger partial charge in [0.1, 0.15) is 0 Å². The third-order valence-corrected chi connectivity index (χ3v) is 3.47. The number of nitrogens with two attached hydrogens (primary N) is 1. The van der Waals surface area contributed by atoms with Gasteiger partial charge in [-0.1, -0.05) is 13.8 Å². The Balaban J connectivity index is 2.41. The van der Waals surface area contributed by atoms with E-state index in [-0.39, 0.29) is 0 Å². The first-order valence-electron chi connectivity index (χ1n) is 6.93. The van der Waals surface area contributed by atoms with Crippen LogP contribution >= 0.6 is 0 Å². The summed E-state index contributed by atoms with van der Waals surface area (Å²) in [5, 5.41) is 0. The Hall–Kier alpha value is -0.810. The van der Waals surface area contributed by atoms with Gasteiger partial charge in [0.2, 0.25) is 5.96 Å². The monoisotopic (exact) mass is 255 g/mol. The van der Waals surface area contributed by atoms with Gasteiger partial charge in [-0.15, -0.1) is 0 Å². The molecule has 18 heavy (non-hydrogen) atoms. The summed E-state index contributed by atoms with van der Waals surface area (Å²) >= 11 is 0. The zero-order valence-corrected chi connectivity index (χ0v) is 12.3. The van der Waals surface area contributed by atoms with E-state index in [9.17, 15) is 0 Å². The van der Waals surface area contributed by atoms with E-state index < -0.39 is 0 Å². The summed E-state index contributed by atoms with van der Waals surface area (Å²) < 4.78 is 0. The quantitative estimate of drug-likeness (QED) is 0.337. The van der Waals surface area contributed by atoms with Crippen molar-refractivity contribution in [2.75, 3.05) is 40.3 Å². The second kappa shape index (κ2) is 7.59. The summed E-state index contributed by atoms with van der Waals surface area (Å²) in [5.41, 5.74) is 2.72. The van der Waals surface area contributed by atoms with E-state index in [0.29, 0.717) is 5.92 Å². The number of aliphatic imine (C=N–C) groups is 1. The van der Waals surface area contributed by atoms with Crippen LogP contribution in [0.15, 0.2) is 4.99 Å². The molecule has 0 radical (unpaired) electrons. The molecule has 1 aliphatic heterocycles. The molecule has 1 rings (SSSR count). The van der Waals surface area contributed by atoms with E-state index in [0.717, 1.165) is 25.0 Å². The van der Waals surface area contributed by atoms with E-state index in [1.54, 1.807) is 0 Å². The number of hydrazine groups is 1. The Morgan fingerprint density at radius 3 is 2.56 bits per heavy atom. The maximum atomic E-state index is 5.56. The minimum absolute atomic E-state index is 0.560. The number of hydrogen-bond donors (Lipinski definition) is 2. The lowest BCUT2D eigenvalue weighted by Gasteiger charge is -2.32. The highest BCUT2D eigenvalue weighted by atomic mass is 15.4. The third-order valence-electron chi connectivity index (χ3n) is 3.47. The lowest BCUT2D eigenvalue weighted by atomic mass is 9.97. The molecule has 0 spiro atoms. The Morgan fingerprint density at radius 1 is 1.44 bits per heavy atom. The molecule has 0 bridgehead atoms. The van der Waals surface area contributed by atoms with Gasteiger partial charge in [-0.3, -0.25) is 10.4 Å². The summed E-state index contributed by atoms with van der Waals surface area (Å²) in [6.07, 6.45) is 2.53. The van der Waals surface area contributed by atoms with Crippen LogP contribution in [0.2, 0.25) is 0 Å². The Morgan fingerprint density at radius 2 is 2.06 bits per heavy atom. The topological polar surface area (TPSA) is 56.9 Å². The minimum atomic E-state index is 0.560. The molecule has 0 aromatic carbocycles. The first kappa shape index (κ1) is 15.2. The molecule has 0 unspecified atom stereocenters. The largest absolute Gasteiger partial charge is 0.345 e. The van der Waals surface area contributed by atoms with Gasteiger partial charge in [0, 0.05) is 20.1 Å². The lowest BCUT2D eigenvalue weighted by Crippen LogP contribution is -2.46. The first-order valence-corrected chi connectivity index (χ1v) is 6.93. The second-order valence-electron chi connectivity index (χ2n) is 5.83. The molecule has 106 valence electrons. The van der Waals surface area contributed by atoms with Gasteiger partial charge in [-0.2, -0.15) is 0 Å². The van der Waals surface area contributed by atoms with Gasteiger partial charge in [-0.25, -0.2) is 5.84 Å². The molecule has 0 aromatic rings. The van der Waals surface area contributed by atoms with Crippen LogP contribution in [-0.4, -0.2) is 56.0 Å². The van der Waals surface area contributed by atoms with Crippen molar-refractivity contribution in [1.82, 2.24) is 15.2 Å². The fraction of sp³-hybridized carbons (Fsp3) is 0.923. The van der Waals surface area contributed by atoms with Crippen molar-refractivity contribution in [3.63, 3.8) is 0 Å². The molecule has 5 heteroatoms. The zero-order chi connectivity index (χ0) is 13.5. The van der Waals surface area contributed by atoms with Gasteiger partial charge >= 0.3 is 0 Å². The highest BCUT2D eigenvalue weighted by molar-refractivity contribution is 5.79. The van der Waals surface area contributed by atoms with Gasteiger partial charge < -0.3 is 9.80 Å². The molecule has 1 fully saturated rings. The van der Waals surface area contributed by atoms with Crippen LogP contribution in [0.1, 0.15) is 26.7 Å². The van der Waals surface area contributed by atoms with Crippen LogP contribution in [-0.2, 0) is 0 Å². The average molecular weight is 255 g/mol. The number of hydrogen-bond acceptors (Lipinski definition) is 3.